The van der Waals surface area contributed by atoms with Crippen molar-refractivity contribution in [3.8, 4) is 0 Å². The summed E-state index contributed by atoms with van der Waals surface area (Å²) in [6.45, 7) is 9.73. The van der Waals surface area contributed by atoms with Crippen molar-refractivity contribution in [3.63, 3.8) is 0 Å². The molecule has 2 amide bonds. The third-order valence-corrected chi connectivity index (χ3v) is 2.62. The molecule has 0 saturated heterocycles. The van der Waals surface area contributed by atoms with Gasteiger partial charge in [0.1, 0.15) is 6.61 Å². The Bertz CT molecular complexity index is 366. The smallest absolute Gasteiger partial charge is 0.333 e. The van der Waals surface area contributed by atoms with Crippen LogP contribution in [0.25, 0.3) is 0 Å². The molecule has 0 aliphatic rings. The quantitative estimate of drug-likeness (QED) is 0.387. The van der Waals surface area contributed by atoms with Gasteiger partial charge in [0.2, 0.25) is 11.8 Å². The fourth-order valence-electron chi connectivity index (χ4n) is 1.49. The molecule has 20 heavy (non-hydrogen) atoms. The van der Waals surface area contributed by atoms with Gasteiger partial charge in [-0.3, -0.25) is 9.59 Å². The summed E-state index contributed by atoms with van der Waals surface area (Å²) >= 11 is 0. The van der Waals surface area contributed by atoms with Gasteiger partial charge in [-0.25, -0.2) is 4.79 Å². The number of ether oxygens (including phenoxy) is 1. The van der Waals surface area contributed by atoms with Crippen molar-refractivity contribution in [1.82, 2.24) is 10.2 Å². The van der Waals surface area contributed by atoms with Crippen LogP contribution in [0.1, 0.15) is 33.6 Å². The number of nitrogens with one attached hydrogen (secondary N) is 1. The Morgan fingerprint density at radius 1 is 1.10 bits per heavy atom. The predicted molar refractivity (Wildman–Crippen MR) is 75.9 cm³/mol. The number of nitrogens with zero attached hydrogens (tertiary/aromatic N) is 1. The lowest BCUT2D eigenvalue weighted by Gasteiger charge is -2.20. The molecule has 0 atom stereocenters. The highest BCUT2D eigenvalue weighted by atomic mass is 16.5. The topological polar surface area (TPSA) is 75.7 Å². The number of carbonyl (C=O) groups excluding carboxylic acids is 3. The summed E-state index contributed by atoms with van der Waals surface area (Å²) in [5.41, 5.74) is 0.342. The molecule has 0 bridgehead atoms. The Morgan fingerprint density at radius 2 is 1.75 bits per heavy atom. The second kappa shape index (κ2) is 10.00. The first-order valence-electron chi connectivity index (χ1n) is 6.67. The highest BCUT2D eigenvalue weighted by Crippen LogP contribution is 1.98. The molecule has 1 N–H and O–H groups in total. The first-order valence-corrected chi connectivity index (χ1v) is 6.67. The van der Waals surface area contributed by atoms with Crippen LogP contribution in [-0.2, 0) is 19.1 Å². The van der Waals surface area contributed by atoms with Gasteiger partial charge in [0.25, 0.3) is 0 Å². The van der Waals surface area contributed by atoms with E-state index < -0.39 is 5.97 Å². The predicted octanol–water partition coefficient (Wildman–Crippen LogP) is 0.870. The molecule has 0 spiro atoms. The van der Waals surface area contributed by atoms with Crippen molar-refractivity contribution in [3.05, 3.63) is 12.2 Å². The Hall–Kier alpha value is -1.85. The lowest BCUT2D eigenvalue weighted by atomic mass is 10.3. The average Bonchev–Trinajstić information content (AvgIpc) is 2.35. The fourth-order valence-corrected chi connectivity index (χ4v) is 1.49. The largest absolute Gasteiger partial charge is 0.460 e. The Balaban J connectivity index is 3.88. The summed E-state index contributed by atoms with van der Waals surface area (Å²) in [5.74, 6) is -0.560. The van der Waals surface area contributed by atoms with Crippen LogP contribution in [0, 0.1) is 0 Å². The van der Waals surface area contributed by atoms with E-state index in [9.17, 15) is 14.4 Å². The molecule has 0 saturated carbocycles. The lowest BCUT2D eigenvalue weighted by molar-refractivity contribution is -0.141. The zero-order chi connectivity index (χ0) is 15.5. The van der Waals surface area contributed by atoms with Crippen molar-refractivity contribution in [2.45, 2.75) is 33.6 Å². The molecule has 0 heterocycles. The number of rotatable bonds is 9. The summed E-state index contributed by atoms with van der Waals surface area (Å²) in [4.78, 5) is 34.9. The van der Waals surface area contributed by atoms with E-state index in [2.05, 4.69) is 11.9 Å². The monoisotopic (exact) mass is 284 g/mol. The number of esters is 1. The summed E-state index contributed by atoms with van der Waals surface area (Å²) in [7, 11) is 0. The molecule has 6 nitrogen and oxygen atoms in total. The van der Waals surface area contributed by atoms with E-state index >= 15 is 0 Å². The van der Waals surface area contributed by atoms with Crippen molar-refractivity contribution in [2.24, 2.45) is 0 Å². The van der Waals surface area contributed by atoms with Crippen LogP contribution in [0.4, 0.5) is 0 Å². The van der Waals surface area contributed by atoms with E-state index in [1.807, 2.05) is 0 Å². The van der Waals surface area contributed by atoms with E-state index in [-0.39, 0.29) is 18.4 Å². The highest BCUT2D eigenvalue weighted by molar-refractivity contribution is 5.86. The maximum Gasteiger partial charge on any atom is 0.333 e. The molecule has 6 heteroatoms. The van der Waals surface area contributed by atoms with Crippen molar-refractivity contribution in [1.29, 1.82) is 0 Å². The first-order chi connectivity index (χ1) is 9.34. The van der Waals surface area contributed by atoms with E-state index in [0.29, 0.717) is 25.2 Å². The number of hydrogen-bond donors (Lipinski definition) is 1. The van der Waals surface area contributed by atoms with Gasteiger partial charge in [0, 0.05) is 32.5 Å². The van der Waals surface area contributed by atoms with Crippen LogP contribution in [0.15, 0.2) is 12.2 Å². The Morgan fingerprint density at radius 3 is 2.25 bits per heavy atom. The van der Waals surface area contributed by atoms with Gasteiger partial charge in [-0.2, -0.15) is 0 Å². The Kier molecular flexibility index (Phi) is 9.07. The van der Waals surface area contributed by atoms with Gasteiger partial charge >= 0.3 is 5.97 Å². The normalized spacial score (nSPS) is 9.75. The lowest BCUT2D eigenvalue weighted by Crippen LogP contribution is -2.34. The maximum atomic E-state index is 11.4. The number of amides is 2. The maximum absolute atomic E-state index is 11.4. The molecule has 0 aromatic carbocycles. The van der Waals surface area contributed by atoms with Crippen LogP contribution in [0.2, 0.25) is 0 Å². The highest BCUT2D eigenvalue weighted by Gasteiger charge is 2.10. The van der Waals surface area contributed by atoms with E-state index in [1.54, 1.807) is 11.8 Å². The van der Waals surface area contributed by atoms with Gasteiger partial charge in [-0.1, -0.05) is 6.58 Å². The molecule has 0 aliphatic heterocycles. The third kappa shape index (κ3) is 9.13. The molecule has 0 fully saturated rings. The van der Waals surface area contributed by atoms with Crippen LogP contribution < -0.4 is 5.32 Å². The second-order valence-corrected chi connectivity index (χ2v) is 4.61. The number of carbonyl (C=O) groups is 3. The standard InChI is InChI=1S/C14H24N2O4/c1-11(2)14(19)20-10-9-16(13(4)18)8-6-5-7-15-12(3)17/h1,5-10H2,2-4H3,(H,15,17). The van der Waals surface area contributed by atoms with Crippen LogP contribution >= 0.6 is 0 Å². The van der Waals surface area contributed by atoms with Gasteiger partial charge in [0.05, 0.1) is 6.54 Å². The number of unbranched alkanes of at least 4 members (excludes halogenated alkanes) is 1. The zero-order valence-electron chi connectivity index (χ0n) is 12.5. The minimum atomic E-state index is -0.445. The van der Waals surface area contributed by atoms with Crippen molar-refractivity contribution >= 4 is 17.8 Å². The first kappa shape index (κ1) is 18.1. The summed E-state index contributed by atoms with van der Waals surface area (Å²) in [6.07, 6.45) is 1.59. The fraction of sp³-hybridized carbons (Fsp3) is 0.643. The molecular formula is C14H24N2O4. The van der Waals surface area contributed by atoms with Crippen LogP contribution in [-0.4, -0.2) is 48.9 Å². The van der Waals surface area contributed by atoms with Crippen molar-refractivity contribution in [2.75, 3.05) is 26.2 Å². The van der Waals surface area contributed by atoms with E-state index in [4.69, 9.17) is 4.74 Å². The summed E-state index contributed by atoms with van der Waals surface area (Å²) in [5, 5.41) is 2.70. The van der Waals surface area contributed by atoms with E-state index in [1.165, 1.54) is 13.8 Å². The summed E-state index contributed by atoms with van der Waals surface area (Å²) < 4.78 is 4.95. The minimum absolute atomic E-state index is 0.0554. The molecule has 0 unspecified atom stereocenters. The SMILES string of the molecule is C=C(C)C(=O)OCCN(CCCCNC(C)=O)C(C)=O. The number of hydrogen-bond acceptors (Lipinski definition) is 4. The molecule has 0 aromatic heterocycles. The summed E-state index contributed by atoms with van der Waals surface area (Å²) in [6, 6.07) is 0. The van der Waals surface area contributed by atoms with Gasteiger partial charge in [-0.05, 0) is 19.8 Å². The Labute approximate surface area is 120 Å². The molecule has 0 aliphatic carbocycles. The molecule has 114 valence electrons. The van der Waals surface area contributed by atoms with Crippen LogP contribution in [0.5, 0.6) is 0 Å². The zero-order valence-corrected chi connectivity index (χ0v) is 12.5. The van der Waals surface area contributed by atoms with Gasteiger partial charge < -0.3 is 15.0 Å². The molecular weight excluding hydrogens is 260 g/mol. The van der Waals surface area contributed by atoms with E-state index in [0.717, 1.165) is 12.8 Å². The molecule has 0 rings (SSSR count). The van der Waals surface area contributed by atoms with Crippen molar-refractivity contribution < 1.29 is 19.1 Å². The average molecular weight is 284 g/mol. The van der Waals surface area contributed by atoms with Crippen LogP contribution in [0.3, 0.4) is 0 Å². The van der Waals surface area contributed by atoms with Gasteiger partial charge in [-0.15, -0.1) is 0 Å². The van der Waals surface area contributed by atoms with Gasteiger partial charge in [0.15, 0.2) is 0 Å². The molecule has 0 radical (unpaired) electrons. The second-order valence-electron chi connectivity index (χ2n) is 4.61. The minimum Gasteiger partial charge on any atom is -0.460 e. The third-order valence-electron chi connectivity index (χ3n) is 2.62. The molecule has 0 aromatic rings.